The second-order valence-corrected chi connectivity index (χ2v) is 5.36. The topological polar surface area (TPSA) is 50.2 Å². The molecule has 0 atom stereocenters. The van der Waals surface area contributed by atoms with Gasteiger partial charge in [-0.15, -0.1) is 0 Å². The second-order valence-electron chi connectivity index (χ2n) is 4.44. The lowest BCUT2D eigenvalue weighted by Gasteiger charge is -2.05. The van der Waals surface area contributed by atoms with Gasteiger partial charge in [-0.1, -0.05) is 28.1 Å². The number of rotatable bonds is 2. The highest BCUT2D eigenvalue weighted by Gasteiger charge is 2.10. The first-order valence-electron chi connectivity index (χ1n) is 5.95. The number of nitrogens with zero attached hydrogens (tertiary/aromatic N) is 2. The number of fused-ring (bicyclic) bond motifs is 1. The van der Waals surface area contributed by atoms with Gasteiger partial charge in [-0.3, -0.25) is 9.89 Å². The highest BCUT2D eigenvalue weighted by Crippen LogP contribution is 2.14. The van der Waals surface area contributed by atoms with Crippen LogP contribution in [0.3, 0.4) is 0 Å². The van der Waals surface area contributed by atoms with Gasteiger partial charge in [-0.05, 0) is 24.6 Å². The van der Waals surface area contributed by atoms with Crippen molar-refractivity contribution in [1.29, 1.82) is 0 Å². The Labute approximate surface area is 118 Å². The predicted molar refractivity (Wildman–Crippen MR) is 77.5 cm³/mol. The average Bonchev–Trinajstić information content (AvgIpc) is 2.85. The summed E-state index contributed by atoms with van der Waals surface area (Å²) in [6.45, 7) is 1.88. The van der Waals surface area contributed by atoms with Gasteiger partial charge in [0.25, 0.3) is 5.56 Å². The summed E-state index contributed by atoms with van der Waals surface area (Å²) in [6, 6.07) is 9.75. The second kappa shape index (κ2) is 4.66. The minimum absolute atomic E-state index is 0.0320. The molecule has 1 aromatic carbocycles. The third-order valence-electron chi connectivity index (χ3n) is 3.14. The van der Waals surface area contributed by atoms with Gasteiger partial charge in [0, 0.05) is 34.4 Å². The molecule has 0 radical (unpaired) electrons. The van der Waals surface area contributed by atoms with E-state index in [-0.39, 0.29) is 5.56 Å². The molecule has 96 valence electrons. The van der Waals surface area contributed by atoms with Crippen molar-refractivity contribution < 1.29 is 0 Å². The predicted octanol–water partition coefficient (Wildman–Crippen LogP) is 2.68. The number of hydrogen-bond acceptors (Lipinski definition) is 2. The molecule has 19 heavy (non-hydrogen) atoms. The highest BCUT2D eigenvalue weighted by atomic mass is 79.9. The Balaban J connectivity index is 2.09. The quantitative estimate of drug-likeness (QED) is 0.790. The van der Waals surface area contributed by atoms with E-state index in [4.69, 9.17) is 0 Å². The largest absolute Gasteiger partial charge is 0.297 e. The summed E-state index contributed by atoms with van der Waals surface area (Å²) in [6.07, 6.45) is 2.31. The standard InChI is InChI=1S/C14H12BrN3O/c1-9-12(8-10-2-4-11(15)5-3-10)14(19)18-13(17-9)6-7-16-18/h2-7,16H,8H2,1H3. The Kier molecular flexibility index (Phi) is 2.98. The number of hydrogen-bond donors (Lipinski definition) is 1. The van der Waals surface area contributed by atoms with E-state index in [9.17, 15) is 4.79 Å². The van der Waals surface area contributed by atoms with Crippen molar-refractivity contribution in [2.24, 2.45) is 0 Å². The fourth-order valence-corrected chi connectivity index (χ4v) is 2.38. The summed E-state index contributed by atoms with van der Waals surface area (Å²) >= 11 is 3.40. The van der Waals surface area contributed by atoms with Crippen molar-refractivity contribution in [2.75, 3.05) is 0 Å². The monoisotopic (exact) mass is 317 g/mol. The van der Waals surface area contributed by atoms with Crippen molar-refractivity contribution in [3.05, 3.63) is 68.2 Å². The summed E-state index contributed by atoms with van der Waals surface area (Å²) in [5.74, 6) is 0. The fourth-order valence-electron chi connectivity index (χ4n) is 2.12. The molecular formula is C14H12BrN3O. The molecule has 1 N–H and O–H groups in total. The molecule has 0 saturated heterocycles. The van der Waals surface area contributed by atoms with Crippen LogP contribution in [0.25, 0.3) is 5.65 Å². The Bertz CT molecular complexity index is 787. The van der Waals surface area contributed by atoms with Gasteiger partial charge in [-0.25, -0.2) is 9.50 Å². The van der Waals surface area contributed by atoms with E-state index in [1.54, 1.807) is 12.3 Å². The van der Waals surface area contributed by atoms with Gasteiger partial charge in [-0.2, -0.15) is 0 Å². The molecule has 4 nitrogen and oxygen atoms in total. The summed E-state index contributed by atoms with van der Waals surface area (Å²) in [5.41, 5.74) is 3.23. The maximum absolute atomic E-state index is 12.4. The van der Waals surface area contributed by atoms with Gasteiger partial charge >= 0.3 is 0 Å². The zero-order chi connectivity index (χ0) is 13.4. The zero-order valence-corrected chi connectivity index (χ0v) is 11.9. The molecule has 5 heteroatoms. The first kappa shape index (κ1) is 12.2. The van der Waals surface area contributed by atoms with Crippen LogP contribution in [0.15, 0.2) is 45.8 Å². The number of benzene rings is 1. The van der Waals surface area contributed by atoms with Crippen LogP contribution in [0, 0.1) is 6.92 Å². The molecule has 0 spiro atoms. The van der Waals surface area contributed by atoms with Crippen molar-refractivity contribution in [2.45, 2.75) is 13.3 Å². The van der Waals surface area contributed by atoms with Crippen LogP contribution < -0.4 is 5.56 Å². The molecule has 3 aromatic rings. The average molecular weight is 318 g/mol. The summed E-state index contributed by atoms with van der Waals surface area (Å²) in [4.78, 5) is 16.8. The minimum atomic E-state index is -0.0320. The van der Waals surface area contributed by atoms with Crippen LogP contribution in [0.4, 0.5) is 0 Å². The molecule has 2 heterocycles. The molecule has 0 amide bonds. The lowest BCUT2D eigenvalue weighted by molar-refractivity contribution is 0.859. The van der Waals surface area contributed by atoms with Crippen LogP contribution in [-0.2, 0) is 6.42 Å². The van der Waals surface area contributed by atoms with E-state index >= 15 is 0 Å². The van der Waals surface area contributed by atoms with Gasteiger partial charge in [0.2, 0.25) is 0 Å². The molecular weight excluding hydrogens is 306 g/mol. The van der Waals surface area contributed by atoms with Gasteiger partial charge < -0.3 is 0 Å². The molecule has 3 rings (SSSR count). The lowest BCUT2D eigenvalue weighted by Crippen LogP contribution is -2.21. The molecule has 0 fully saturated rings. The first-order valence-corrected chi connectivity index (χ1v) is 6.74. The SMILES string of the molecule is Cc1nc2cc[nH]n2c(=O)c1Cc1ccc(Br)cc1. The van der Waals surface area contributed by atoms with Crippen molar-refractivity contribution in [3.63, 3.8) is 0 Å². The number of aromatic nitrogens is 3. The Morgan fingerprint density at radius 3 is 2.74 bits per heavy atom. The smallest absolute Gasteiger partial charge is 0.276 e. The van der Waals surface area contributed by atoms with Crippen LogP contribution in [-0.4, -0.2) is 14.6 Å². The Morgan fingerprint density at radius 2 is 2.00 bits per heavy atom. The maximum Gasteiger partial charge on any atom is 0.276 e. The van der Waals surface area contributed by atoms with Crippen LogP contribution in [0.1, 0.15) is 16.8 Å². The number of halogens is 1. The van der Waals surface area contributed by atoms with E-state index in [2.05, 4.69) is 26.0 Å². The number of nitrogens with one attached hydrogen (secondary N) is 1. The first-order chi connectivity index (χ1) is 9.15. The van der Waals surface area contributed by atoms with E-state index in [0.717, 1.165) is 21.3 Å². The third-order valence-corrected chi connectivity index (χ3v) is 3.67. The zero-order valence-electron chi connectivity index (χ0n) is 10.4. The Hall–Kier alpha value is -1.88. The molecule has 2 aromatic heterocycles. The molecule has 0 bridgehead atoms. The molecule has 0 aliphatic heterocycles. The Morgan fingerprint density at radius 1 is 1.26 bits per heavy atom. The van der Waals surface area contributed by atoms with E-state index in [1.807, 2.05) is 31.2 Å². The van der Waals surface area contributed by atoms with Crippen molar-refractivity contribution in [3.8, 4) is 0 Å². The van der Waals surface area contributed by atoms with E-state index in [0.29, 0.717) is 12.1 Å². The number of H-pyrrole nitrogens is 1. The van der Waals surface area contributed by atoms with Gasteiger partial charge in [0.1, 0.15) is 0 Å². The third kappa shape index (κ3) is 2.21. The van der Waals surface area contributed by atoms with Gasteiger partial charge in [0.15, 0.2) is 5.65 Å². The van der Waals surface area contributed by atoms with E-state index < -0.39 is 0 Å². The molecule has 0 aliphatic carbocycles. The number of aromatic amines is 1. The molecule has 0 unspecified atom stereocenters. The normalized spacial score (nSPS) is 11.1. The minimum Gasteiger partial charge on any atom is -0.297 e. The van der Waals surface area contributed by atoms with Gasteiger partial charge in [0.05, 0.1) is 0 Å². The summed E-state index contributed by atoms with van der Waals surface area (Å²) in [7, 11) is 0. The van der Waals surface area contributed by atoms with Crippen molar-refractivity contribution >= 4 is 21.6 Å². The molecule has 0 saturated carbocycles. The maximum atomic E-state index is 12.4. The fraction of sp³-hybridized carbons (Fsp3) is 0.143. The summed E-state index contributed by atoms with van der Waals surface area (Å²) < 4.78 is 2.50. The lowest BCUT2D eigenvalue weighted by atomic mass is 10.1. The molecule has 0 aliphatic rings. The van der Waals surface area contributed by atoms with E-state index in [1.165, 1.54) is 4.52 Å². The van der Waals surface area contributed by atoms with Crippen LogP contribution in [0.2, 0.25) is 0 Å². The highest BCUT2D eigenvalue weighted by molar-refractivity contribution is 9.10. The van der Waals surface area contributed by atoms with Crippen molar-refractivity contribution in [1.82, 2.24) is 14.6 Å². The number of aryl methyl sites for hydroxylation is 1. The van der Waals surface area contributed by atoms with Crippen LogP contribution in [0.5, 0.6) is 0 Å². The van der Waals surface area contributed by atoms with Crippen LogP contribution >= 0.6 is 15.9 Å². The summed E-state index contributed by atoms with van der Waals surface area (Å²) in [5, 5.41) is 2.88.